The summed E-state index contributed by atoms with van der Waals surface area (Å²) in [6.45, 7) is 4.71. The van der Waals surface area contributed by atoms with Crippen LogP contribution >= 0.6 is 0 Å². The van der Waals surface area contributed by atoms with Crippen LogP contribution in [-0.4, -0.2) is 36.1 Å². The number of hydrogen-bond acceptors (Lipinski definition) is 8. The lowest BCUT2D eigenvalue weighted by Crippen LogP contribution is -2.27. The highest BCUT2D eigenvalue weighted by molar-refractivity contribution is 5.99. The summed E-state index contributed by atoms with van der Waals surface area (Å²) in [5.74, 6) is 6.48. The molecule has 33 heavy (non-hydrogen) atoms. The number of nitrogens with zero attached hydrogens (tertiary/aromatic N) is 2. The van der Waals surface area contributed by atoms with Crippen LogP contribution in [0.25, 0.3) is 22.2 Å². The van der Waals surface area contributed by atoms with E-state index in [2.05, 4.69) is 15.7 Å². The van der Waals surface area contributed by atoms with Gasteiger partial charge in [-0.15, -0.1) is 0 Å². The molecular formula is C24H30N6O3. The molecule has 0 radical (unpaired) electrons. The Bertz CT molecular complexity index is 1160. The van der Waals surface area contributed by atoms with Crippen molar-refractivity contribution < 1.29 is 14.3 Å². The quantitative estimate of drug-likeness (QED) is 0.210. The molecule has 2 heterocycles. The Morgan fingerprint density at radius 3 is 2.70 bits per heavy atom. The molecule has 2 aromatic heterocycles. The second-order valence-corrected chi connectivity index (χ2v) is 7.42. The van der Waals surface area contributed by atoms with Gasteiger partial charge in [-0.3, -0.25) is 10.6 Å². The molecule has 0 saturated carbocycles. The van der Waals surface area contributed by atoms with Crippen molar-refractivity contribution in [2.24, 2.45) is 11.6 Å². The Morgan fingerprint density at radius 1 is 1.18 bits per heavy atom. The van der Waals surface area contributed by atoms with E-state index in [1.165, 1.54) is 0 Å². The third-order valence-corrected chi connectivity index (χ3v) is 5.11. The van der Waals surface area contributed by atoms with Crippen molar-refractivity contribution in [3.8, 4) is 22.9 Å². The molecule has 0 atom stereocenters. The molecular weight excluding hydrogens is 420 g/mol. The zero-order chi connectivity index (χ0) is 23.8. The van der Waals surface area contributed by atoms with Crippen molar-refractivity contribution in [2.45, 2.75) is 26.7 Å². The van der Waals surface area contributed by atoms with Crippen molar-refractivity contribution in [3.05, 3.63) is 59.6 Å². The lowest BCUT2D eigenvalue weighted by atomic mass is 10.1. The van der Waals surface area contributed by atoms with E-state index >= 15 is 0 Å². The number of fused-ring (bicyclic) bond motifs is 1. The molecule has 0 unspecified atom stereocenters. The van der Waals surface area contributed by atoms with E-state index in [0.717, 1.165) is 16.6 Å². The first-order chi connectivity index (χ1) is 16.0. The molecule has 0 bridgehead atoms. The lowest BCUT2D eigenvalue weighted by molar-refractivity contribution is 0.0953. The highest BCUT2D eigenvalue weighted by Gasteiger charge is 2.13. The number of benzene rings is 1. The predicted molar refractivity (Wildman–Crippen MR) is 128 cm³/mol. The molecule has 0 aliphatic heterocycles. The Kier molecular flexibility index (Phi) is 8.04. The molecule has 9 nitrogen and oxygen atoms in total. The molecule has 9 heteroatoms. The Balaban J connectivity index is 1.84. The fourth-order valence-corrected chi connectivity index (χ4v) is 3.39. The first-order valence-corrected chi connectivity index (χ1v) is 10.7. The number of hydrazine groups is 1. The fourth-order valence-electron chi connectivity index (χ4n) is 3.39. The minimum Gasteiger partial charge on any atom is -0.493 e. The van der Waals surface area contributed by atoms with Crippen molar-refractivity contribution in [3.63, 3.8) is 0 Å². The number of rotatable bonds is 10. The number of carbonyl (C=O) groups excluding carboxylic acids is 1. The number of allylic oxidation sites excluding steroid dienone is 2. The molecule has 0 saturated heterocycles. The van der Waals surface area contributed by atoms with Crippen molar-refractivity contribution in [2.75, 3.05) is 20.3 Å². The third kappa shape index (κ3) is 5.89. The van der Waals surface area contributed by atoms with E-state index in [0.29, 0.717) is 60.1 Å². The number of amides is 1. The molecule has 174 valence electrons. The molecule has 0 spiro atoms. The van der Waals surface area contributed by atoms with E-state index in [1.807, 2.05) is 31.2 Å². The summed E-state index contributed by atoms with van der Waals surface area (Å²) in [6.07, 6.45) is 3.01. The highest BCUT2D eigenvalue weighted by atomic mass is 16.5. The molecule has 0 aliphatic carbocycles. The van der Waals surface area contributed by atoms with Gasteiger partial charge in [-0.1, -0.05) is 0 Å². The monoisotopic (exact) mass is 450 g/mol. The van der Waals surface area contributed by atoms with E-state index in [4.69, 9.17) is 26.0 Å². The average molecular weight is 451 g/mol. The van der Waals surface area contributed by atoms with Gasteiger partial charge in [0, 0.05) is 52.8 Å². The normalized spacial score (nSPS) is 11.6. The number of aromatic nitrogens is 2. The standard InChI is InChI=1S/C24H30N6O3/c1-4-33-22-14-20(16-9-11-27-23(13-16)32-3)29-21-12-17(7-8-18(21)22)24(31)28-10-5-6-19(30-26)15(2)25/h7-9,11-14,30H,4-6,10,25-26H2,1-3H3,(H,28,31)/b19-15-. The zero-order valence-corrected chi connectivity index (χ0v) is 19.1. The number of ether oxygens (including phenoxy) is 2. The summed E-state index contributed by atoms with van der Waals surface area (Å²) >= 11 is 0. The van der Waals surface area contributed by atoms with Crippen LogP contribution in [0.5, 0.6) is 11.6 Å². The number of hydrogen-bond donors (Lipinski definition) is 4. The predicted octanol–water partition coefficient (Wildman–Crippen LogP) is 2.87. The first-order valence-electron chi connectivity index (χ1n) is 10.7. The van der Waals surface area contributed by atoms with E-state index < -0.39 is 0 Å². The van der Waals surface area contributed by atoms with E-state index in [-0.39, 0.29) is 5.91 Å². The number of nitrogens with two attached hydrogens (primary N) is 2. The van der Waals surface area contributed by atoms with Crippen molar-refractivity contribution in [1.82, 2.24) is 20.7 Å². The highest BCUT2D eigenvalue weighted by Crippen LogP contribution is 2.31. The van der Waals surface area contributed by atoms with Gasteiger partial charge in [0.05, 0.1) is 24.9 Å². The third-order valence-electron chi connectivity index (χ3n) is 5.11. The maximum atomic E-state index is 12.7. The number of nitrogens with one attached hydrogen (secondary N) is 2. The maximum Gasteiger partial charge on any atom is 0.251 e. The smallest absolute Gasteiger partial charge is 0.251 e. The van der Waals surface area contributed by atoms with Gasteiger partial charge in [-0.05, 0) is 51.0 Å². The minimum absolute atomic E-state index is 0.177. The van der Waals surface area contributed by atoms with Gasteiger partial charge in [0.2, 0.25) is 5.88 Å². The fraction of sp³-hybridized carbons (Fsp3) is 0.292. The van der Waals surface area contributed by atoms with Crippen LogP contribution in [0.2, 0.25) is 0 Å². The van der Waals surface area contributed by atoms with Gasteiger partial charge in [0.1, 0.15) is 5.75 Å². The summed E-state index contributed by atoms with van der Waals surface area (Å²) < 4.78 is 11.1. The molecule has 0 aliphatic rings. The topological polar surface area (TPSA) is 137 Å². The number of pyridine rings is 2. The summed E-state index contributed by atoms with van der Waals surface area (Å²) in [7, 11) is 1.57. The Morgan fingerprint density at radius 2 is 2.00 bits per heavy atom. The maximum absolute atomic E-state index is 12.7. The van der Waals surface area contributed by atoms with Gasteiger partial charge in [-0.25, -0.2) is 9.97 Å². The van der Waals surface area contributed by atoms with Crippen molar-refractivity contribution >= 4 is 16.8 Å². The molecule has 1 aromatic carbocycles. The number of methoxy groups -OCH3 is 1. The van der Waals surface area contributed by atoms with E-state index in [9.17, 15) is 4.79 Å². The summed E-state index contributed by atoms with van der Waals surface area (Å²) in [4.78, 5) is 21.6. The average Bonchev–Trinajstić information content (AvgIpc) is 2.83. The van der Waals surface area contributed by atoms with Gasteiger partial charge in [-0.2, -0.15) is 0 Å². The van der Waals surface area contributed by atoms with Crippen LogP contribution in [0.3, 0.4) is 0 Å². The first kappa shape index (κ1) is 23.8. The molecule has 0 fully saturated rings. The molecule has 3 rings (SSSR count). The van der Waals surface area contributed by atoms with Gasteiger partial charge in [0.25, 0.3) is 5.91 Å². The SMILES string of the molecule is CCOc1cc(-c2ccnc(OC)c2)nc2cc(C(=O)NCCC/C(NN)=C(\C)N)ccc12. The lowest BCUT2D eigenvalue weighted by Gasteiger charge is -2.12. The largest absolute Gasteiger partial charge is 0.493 e. The van der Waals surface area contributed by atoms with Gasteiger partial charge >= 0.3 is 0 Å². The van der Waals surface area contributed by atoms with Crippen LogP contribution in [0.15, 0.2) is 54.0 Å². The van der Waals surface area contributed by atoms with Crippen LogP contribution in [0, 0.1) is 0 Å². The summed E-state index contributed by atoms with van der Waals surface area (Å²) in [5, 5.41) is 3.76. The summed E-state index contributed by atoms with van der Waals surface area (Å²) in [5.41, 5.74) is 12.5. The molecule has 6 N–H and O–H groups in total. The summed E-state index contributed by atoms with van der Waals surface area (Å²) in [6, 6.07) is 10.9. The van der Waals surface area contributed by atoms with Gasteiger partial charge in [0.15, 0.2) is 0 Å². The van der Waals surface area contributed by atoms with Crippen LogP contribution in [0.4, 0.5) is 0 Å². The zero-order valence-electron chi connectivity index (χ0n) is 19.1. The van der Waals surface area contributed by atoms with Crippen LogP contribution in [0.1, 0.15) is 37.0 Å². The Labute approximate surface area is 193 Å². The number of carbonyl (C=O) groups is 1. The van der Waals surface area contributed by atoms with Gasteiger partial charge < -0.3 is 25.9 Å². The van der Waals surface area contributed by atoms with Crippen molar-refractivity contribution in [1.29, 1.82) is 0 Å². The molecule has 1 amide bonds. The molecule has 3 aromatic rings. The Hall–Kier alpha value is -3.85. The minimum atomic E-state index is -0.177. The van der Waals surface area contributed by atoms with Crippen LogP contribution < -0.4 is 31.8 Å². The van der Waals surface area contributed by atoms with Crippen LogP contribution in [-0.2, 0) is 0 Å². The van der Waals surface area contributed by atoms with E-state index in [1.54, 1.807) is 32.4 Å². The second kappa shape index (κ2) is 11.1. The second-order valence-electron chi connectivity index (χ2n) is 7.42.